The van der Waals surface area contributed by atoms with Crippen molar-refractivity contribution >= 4 is 5.96 Å². The third-order valence-electron chi connectivity index (χ3n) is 5.13. The number of hydrogen-bond acceptors (Lipinski definition) is 3. The van der Waals surface area contributed by atoms with Crippen molar-refractivity contribution in [2.45, 2.75) is 44.8 Å². The molecule has 1 atom stereocenters. The summed E-state index contributed by atoms with van der Waals surface area (Å²) < 4.78 is 11.7. The van der Waals surface area contributed by atoms with Gasteiger partial charge in [-0.2, -0.15) is 0 Å². The molecule has 1 aromatic carbocycles. The zero-order valence-corrected chi connectivity index (χ0v) is 15.5. The summed E-state index contributed by atoms with van der Waals surface area (Å²) in [5.74, 6) is 2.52. The predicted octanol–water partition coefficient (Wildman–Crippen LogP) is 3.05. The SMILES string of the molecule is CN=C(NCc1ccccc1OC1CCCC1)N(C)CC1CCOC1. The maximum absolute atomic E-state index is 6.23. The molecular weight excluding hydrogens is 314 g/mol. The van der Waals surface area contributed by atoms with E-state index in [1.54, 1.807) is 0 Å². The van der Waals surface area contributed by atoms with Gasteiger partial charge in [0.15, 0.2) is 5.96 Å². The fourth-order valence-corrected chi connectivity index (χ4v) is 3.71. The molecule has 0 bridgehead atoms. The molecule has 2 fully saturated rings. The summed E-state index contributed by atoms with van der Waals surface area (Å²) in [6.07, 6.45) is 6.44. The van der Waals surface area contributed by atoms with E-state index in [0.29, 0.717) is 12.0 Å². The molecule has 1 aliphatic heterocycles. The van der Waals surface area contributed by atoms with Crippen molar-refractivity contribution in [1.29, 1.82) is 0 Å². The first-order valence-electron chi connectivity index (χ1n) is 9.50. The van der Waals surface area contributed by atoms with Crippen LogP contribution in [0.2, 0.25) is 0 Å². The summed E-state index contributed by atoms with van der Waals surface area (Å²) in [7, 11) is 3.93. The van der Waals surface area contributed by atoms with Crippen LogP contribution in [0.15, 0.2) is 29.3 Å². The quantitative estimate of drug-likeness (QED) is 0.636. The molecule has 0 aromatic heterocycles. The van der Waals surface area contributed by atoms with E-state index >= 15 is 0 Å². The van der Waals surface area contributed by atoms with Gasteiger partial charge in [-0.05, 0) is 38.2 Å². The van der Waals surface area contributed by atoms with Crippen molar-refractivity contribution in [2.24, 2.45) is 10.9 Å². The maximum Gasteiger partial charge on any atom is 0.193 e. The van der Waals surface area contributed by atoms with Crippen LogP contribution >= 0.6 is 0 Å². The lowest BCUT2D eigenvalue weighted by Crippen LogP contribution is -2.41. The highest BCUT2D eigenvalue weighted by Crippen LogP contribution is 2.26. The zero-order chi connectivity index (χ0) is 17.5. The Morgan fingerprint density at radius 3 is 2.80 bits per heavy atom. The third-order valence-corrected chi connectivity index (χ3v) is 5.13. The van der Waals surface area contributed by atoms with Gasteiger partial charge in [-0.25, -0.2) is 0 Å². The van der Waals surface area contributed by atoms with Crippen LogP contribution in [-0.2, 0) is 11.3 Å². The first-order valence-corrected chi connectivity index (χ1v) is 9.50. The van der Waals surface area contributed by atoms with Crippen LogP contribution in [0.25, 0.3) is 0 Å². The minimum absolute atomic E-state index is 0.380. The summed E-state index contributed by atoms with van der Waals surface area (Å²) in [5, 5.41) is 3.48. The van der Waals surface area contributed by atoms with Crippen molar-refractivity contribution in [2.75, 3.05) is 33.9 Å². The Kier molecular flexibility index (Phi) is 6.56. The summed E-state index contributed by atoms with van der Waals surface area (Å²) in [5.41, 5.74) is 1.19. The molecular formula is C20H31N3O2. The number of nitrogens with one attached hydrogen (secondary N) is 1. The summed E-state index contributed by atoms with van der Waals surface area (Å²) >= 11 is 0. The van der Waals surface area contributed by atoms with Crippen LogP contribution in [0.3, 0.4) is 0 Å². The van der Waals surface area contributed by atoms with Crippen LogP contribution in [0, 0.1) is 5.92 Å². The van der Waals surface area contributed by atoms with Crippen molar-refractivity contribution in [3.05, 3.63) is 29.8 Å². The summed E-state index contributed by atoms with van der Waals surface area (Å²) in [4.78, 5) is 6.62. The van der Waals surface area contributed by atoms with E-state index in [0.717, 1.165) is 44.4 Å². The lowest BCUT2D eigenvalue weighted by atomic mass is 10.1. The number of guanidine groups is 1. The molecule has 138 valence electrons. The molecule has 1 saturated heterocycles. The minimum atomic E-state index is 0.380. The van der Waals surface area contributed by atoms with E-state index < -0.39 is 0 Å². The van der Waals surface area contributed by atoms with Crippen LogP contribution < -0.4 is 10.1 Å². The predicted molar refractivity (Wildman–Crippen MR) is 101 cm³/mol. The molecule has 0 radical (unpaired) electrons. The number of nitrogens with zero attached hydrogens (tertiary/aromatic N) is 2. The second-order valence-corrected chi connectivity index (χ2v) is 7.14. The van der Waals surface area contributed by atoms with Gasteiger partial charge in [0.2, 0.25) is 0 Å². The Bertz CT molecular complexity index is 564. The smallest absolute Gasteiger partial charge is 0.193 e. The lowest BCUT2D eigenvalue weighted by Gasteiger charge is -2.25. The van der Waals surface area contributed by atoms with Crippen LogP contribution in [0.4, 0.5) is 0 Å². The maximum atomic E-state index is 6.23. The van der Waals surface area contributed by atoms with Gasteiger partial charge in [0.05, 0.1) is 12.7 Å². The van der Waals surface area contributed by atoms with Gasteiger partial charge in [0, 0.05) is 45.3 Å². The molecule has 25 heavy (non-hydrogen) atoms. The monoisotopic (exact) mass is 345 g/mol. The molecule has 2 aliphatic rings. The van der Waals surface area contributed by atoms with Crippen LogP contribution in [0.5, 0.6) is 5.75 Å². The Morgan fingerprint density at radius 2 is 2.08 bits per heavy atom. The van der Waals surface area contributed by atoms with Gasteiger partial charge in [0.1, 0.15) is 5.75 Å². The van der Waals surface area contributed by atoms with Gasteiger partial charge < -0.3 is 19.7 Å². The van der Waals surface area contributed by atoms with E-state index in [-0.39, 0.29) is 0 Å². The average molecular weight is 345 g/mol. The Hall–Kier alpha value is -1.75. The molecule has 0 amide bonds. The van der Waals surface area contributed by atoms with E-state index in [1.807, 2.05) is 7.05 Å². The Balaban J connectivity index is 1.55. The van der Waals surface area contributed by atoms with Crippen molar-refractivity contribution in [3.8, 4) is 5.75 Å². The number of benzene rings is 1. The standard InChI is InChI=1S/C20H31N3O2/c1-21-20(23(2)14-16-11-12-24-15-16)22-13-17-7-3-6-10-19(17)25-18-8-4-5-9-18/h3,6-7,10,16,18H,4-5,8-9,11-15H2,1-2H3,(H,21,22). The van der Waals surface area contributed by atoms with Gasteiger partial charge >= 0.3 is 0 Å². The molecule has 1 heterocycles. The van der Waals surface area contributed by atoms with E-state index in [4.69, 9.17) is 9.47 Å². The minimum Gasteiger partial charge on any atom is -0.490 e. The number of ether oxygens (including phenoxy) is 2. The van der Waals surface area contributed by atoms with Gasteiger partial charge in [-0.15, -0.1) is 0 Å². The molecule has 1 saturated carbocycles. The second kappa shape index (κ2) is 9.09. The molecule has 3 rings (SSSR count). The number of hydrogen-bond donors (Lipinski definition) is 1. The third kappa shape index (κ3) is 5.11. The van der Waals surface area contributed by atoms with E-state index in [1.165, 1.54) is 31.2 Å². The van der Waals surface area contributed by atoms with Gasteiger partial charge in [-0.3, -0.25) is 4.99 Å². The number of rotatable bonds is 6. The van der Waals surface area contributed by atoms with E-state index in [9.17, 15) is 0 Å². The highest BCUT2D eigenvalue weighted by molar-refractivity contribution is 5.79. The fraction of sp³-hybridized carbons (Fsp3) is 0.650. The van der Waals surface area contributed by atoms with Crippen molar-refractivity contribution < 1.29 is 9.47 Å². The average Bonchev–Trinajstić information content (AvgIpc) is 3.31. The molecule has 5 nitrogen and oxygen atoms in total. The molecule has 1 aliphatic carbocycles. The van der Waals surface area contributed by atoms with Crippen molar-refractivity contribution in [1.82, 2.24) is 10.2 Å². The van der Waals surface area contributed by atoms with Gasteiger partial charge in [-0.1, -0.05) is 18.2 Å². The summed E-state index contributed by atoms with van der Waals surface area (Å²) in [6, 6.07) is 8.34. The first-order chi connectivity index (χ1) is 12.3. The number of para-hydroxylation sites is 1. The van der Waals surface area contributed by atoms with Gasteiger partial charge in [0.25, 0.3) is 0 Å². The molecule has 5 heteroatoms. The highest BCUT2D eigenvalue weighted by Gasteiger charge is 2.20. The zero-order valence-electron chi connectivity index (χ0n) is 15.5. The second-order valence-electron chi connectivity index (χ2n) is 7.14. The largest absolute Gasteiger partial charge is 0.490 e. The topological polar surface area (TPSA) is 46.1 Å². The Morgan fingerprint density at radius 1 is 1.28 bits per heavy atom. The van der Waals surface area contributed by atoms with Crippen LogP contribution in [-0.4, -0.2) is 50.8 Å². The fourth-order valence-electron chi connectivity index (χ4n) is 3.71. The molecule has 1 N–H and O–H groups in total. The normalized spacial score (nSPS) is 21.5. The number of aliphatic imine (C=N–C) groups is 1. The van der Waals surface area contributed by atoms with Crippen molar-refractivity contribution in [3.63, 3.8) is 0 Å². The molecule has 0 spiro atoms. The van der Waals surface area contributed by atoms with Crippen LogP contribution in [0.1, 0.15) is 37.7 Å². The van der Waals surface area contributed by atoms with E-state index in [2.05, 4.69) is 46.5 Å². The molecule has 1 unspecified atom stereocenters. The first kappa shape index (κ1) is 18.1. The summed E-state index contributed by atoms with van der Waals surface area (Å²) in [6.45, 7) is 3.44. The Labute approximate surface area is 151 Å². The lowest BCUT2D eigenvalue weighted by molar-refractivity contribution is 0.181. The molecule has 1 aromatic rings. The highest BCUT2D eigenvalue weighted by atomic mass is 16.5.